The maximum atomic E-state index is 11.4. The Balaban J connectivity index is 1.94. The third-order valence-electron chi connectivity index (χ3n) is 2.35. The van der Waals surface area contributed by atoms with Crippen LogP contribution in [0, 0.1) is 11.8 Å². The lowest BCUT2D eigenvalue weighted by atomic mass is 10.2. The van der Waals surface area contributed by atoms with Crippen LogP contribution in [0.2, 0.25) is 0 Å². The fourth-order valence-electron chi connectivity index (χ4n) is 1.59. The summed E-state index contributed by atoms with van der Waals surface area (Å²) in [5.74, 6) is 5.84. The van der Waals surface area contributed by atoms with E-state index in [2.05, 4.69) is 22.1 Å². The predicted octanol–water partition coefficient (Wildman–Crippen LogP) is 2.21. The largest absolute Gasteiger partial charge is 0.444 e. The molecular weight excluding hydrogens is 254 g/mol. The van der Waals surface area contributed by atoms with Gasteiger partial charge in [-0.1, -0.05) is 12.0 Å². The maximum Gasteiger partial charge on any atom is 0.408 e. The number of fused-ring (bicyclic) bond motifs is 1. The number of hydrogen-bond acceptors (Lipinski definition) is 3. The zero-order valence-electron chi connectivity index (χ0n) is 11.8. The molecule has 1 N–H and O–H groups in total. The molecule has 2 aromatic rings. The lowest BCUT2D eigenvalue weighted by Crippen LogP contribution is -2.32. The minimum atomic E-state index is -0.501. The molecule has 20 heavy (non-hydrogen) atoms. The number of ether oxygens (including phenoxy) is 1. The van der Waals surface area contributed by atoms with Crippen LogP contribution in [0.5, 0.6) is 0 Å². The van der Waals surface area contributed by atoms with E-state index < -0.39 is 11.7 Å². The topological polar surface area (TPSA) is 55.6 Å². The van der Waals surface area contributed by atoms with Crippen LogP contribution in [0.25, 0.3) is 5.65 Å². The highest BCUT2D eigenvalue weighted by Gasteiger charge is 2.14. The Bertz CT molecular complexity index is 671. The molecule has 1 amide bonds. The van der Waals surface area contributed by atoms with Gasteiger partial charge in [-0.05, 0) is 38.8 Å². The Morgan fingerprint density at radius 3 is 3.00 bits per heavy atom. The zero-order chi connectivity index (χ0) is 14.6. The molecular formula is C15H17N3O2. The summed E-state index contributed by atoms with van der Waals surface area (Å²) in [6.07, 6.45) is 3.13. The first-order chi connectivity index (χ1) is 9.46. The van der Waals surface area contributed by atoms with Gasteiger partial charge < -0.3 is 10.1 Å². The molecule has 2 aromatic heterocycles. The number of alkyl carbamates (subject to hydrolysis) is 1. The summed E-state index contributed by atoms with van der Waals surface area (Å²) in [4.78, 5) is 15.6. The number of hydrogen-bond donors (Lipinski definition) is 1. The average molecular weight is 271 g/mol. The number of pyridine rings is 1. The molecule has 0 bridgehead atoms. The second kappa shape index (κ2) is 5.66. The van der Waals surface area contributed by atoms with Gasteiger partial charge in [-0.2, -0.15) is 0 Å². The molecule has 0 fully saturated rings. The predicted molar refractivity (Wildman–Crippen MR) is 76.3 cm³/mol. The molecule has 0 aliphatic rings. The number of rotatable bonds is 1. The van der Waals surface area contributed by atoms with Crippen LogP contribution >= 0.6 is 0 Å². The summed E-state index contributed by atoms with van der Waals surface area (Å²) in [5, 5.41) is 2.59. The lowest BCUT2D eigenvalue weighted by Gasteiger charge is -2.18. The summed E-state index contributed by atoms with van der Waals surface area (Å²) in [6.45, 7) is 5.68. The molecule has 0 atom stereocenters. The van der Waals surface area contributed by atoms with Crippen molar-refractivity contribution >= 4 is 11.7 Å². The molecule has 5 heteroatoms. The first kappa shape index (κ1) is 13.9. The number of imidazole rings is 1. The van der Waals surface area contributed by atoms with E-state index in [1.54, 1.807) is 6.20 Å². The van der Waals surface area contributed by atoms with Crippen molar-refractivity contribution in [3.05, 3.63) is 36.3 Å². The van der Waals surface area contributed by atoms with Crippen molar-refractivity contribution in [2.24, 2.45) is 0 Å². The molecule has 104 valence electrons. The summed E-state index contributed by atoms with van der Waals surface area (Å²) in [5.41, 5.74) is 1.13. The van der Waals surface area contributed by atoms with E-state index in [4.69, 9.17) is 4.74 Å². The van der Waals surface area contributed by atoms with E-state index in [0.29, 0.717) is 0 Å². The fourth-order valence-corrected chi connectivity index (χ4v) is 1.59. The third-order valence-corrected chi connectivity index (χ3v) is 2.35. The van der Waals surface area contributed by atoms with Gasteiger partial charge >= 0.3 is 6.09 Å². The van der Waals surface area contributed by atoms with Crippen molar-refractivity contribution in [1.29, 1.82) is 0 Å². The Morgan fingerprint density at radius 2 is 2.25 bits per heavy atom. The van der Waals surface area contributed by atoms with Gasteiger partial charge in [0, 0.05) is 6.20 Å². The van der Waals surface area contributed by atoms with Crippen LogP contribution in [0.1, 0.15) is 26.5 Å². The van der Waals surface area contributed by atoms with Gasteiger partial charge in [-0.3, -0.25) is 4.40 Å². The van der Waals surface area contributed by atoms with Crippen molar-refractivity contribution in [2.75, 3.05) is 6.54 Å². The second-order valence-corrected chi connectivity index (χ2v) is 5.23. The molecule has 2 rings (SSSR count). The van der Waals surface area contributed by atoms with Crippen LogP contribution in [0.3, 0.4) is 0 Å². The highest BCUT2D eigenvalue weighted by molar-refractivity contribution is 5.68. The average Bonchev–Trinajstić information content (AvgIpc) is 2.76. The quantitative estimate of drug-likeness (QED) is 0.809. The number of aromatic nitrogens is 2. The van der Waals surface area contributed by atoms with Gasteiger partial charge in [0.15, 0.2) is 0 Å². The van der Waals surface area contributed by atoms with Crippen molar-refractivity contribution in [3.8, 4) is 11.8 Å². The monoisotopic (exact) mass is 271 g/mol. The fraction of sp³-hybridized carbons (Fsp3) is 0.333. The van der Waals surface area contributed by atoms with E-state index in [9.17, 15) is 4.79 Å². The smallest absolute Gasteiger partial charge is 0.408 e. The van der Waals surface area contributed by atoms with E-state index in [0.717, 1.165) is 11.3 Å². The number of carbonyl (C=O) groups excluding carboxylic acids is 1. The lowest BCUT2D eigenvalue weighted by molar-refractivity contribution is 0.0535. The SMILES string of the molecule is CC(C)(C)OC(=O)NCC#Cc1cnc2ccccn12. The van der Waals surface area contributed by atoms with Crippen LogP contribution in [-0.4, -0.2) is 27.6 Å². The van der Waals surface area contributed by atoms with Crippen LogP contribution in [0.4, 0.5) is 4.79 Å². The Morgan fingerprint density at radius 1 is 1.45 bits per heavy atom. The van der Waals surface area contributed by atoms with Gasteiger partial charge in [0.25, 0.3) is 0 Å². The van der Waals surface area contributed by atoms with Crippen molar-refractivity contribution < 1.29 is 9.53 Å². The maximum absolute atomic E-state index is 11.4. The van der Waals surface area contributed by atoms with E-state index in [1.165, 1.54) is 0 Å². The van der Waals surface area contributed by atoms with Gasteiger partial charge in [0.2, 0.25) is 0 Å². The van der Waals surface area contributed by atoms with Gasteiger partial charge in [-0.25, -0.2) is 9.78 Å². The summed E-state index contributed by atoms with van der Waals surface area (Å²) >= 11 is 0. The molecule has 0 radical (unpaired) electrons. The molecule has 2 heterocycles. The van der Waals surface area contributed by atoms with Crippen LogP contribution in [-0.2, 0) is 4.74 Å². The summed E-state index contributed by atoms with van der Waals surface area (Å²) in [7, 11) is 0. The minimum Gasteiger partial charge on any atom is -0.444 e. The third kappa shape index (κ3) is 3.75. The number of nitrogens with one attached hydrogen (secondary N) is 1. The molecule has 0 aliphatic carbocycles. The molecule has 0 aliphatic heterocycles. The Hall–Kier alpha value is -2.48. The molecule has 0 aromatic carbocycles. The van der Waals surface area contributed by atoms with Crippen molar-refractivity contribution in [3.63, 3.8) is 0 Å². The molecule has 0 saturated carbocycles. The summed E-state index contributed by atoms with van der Waals surface area (Å²) in [6, 6.07) is 5.74. The molecule has 0 spiro atoms. The second-order valence-electron chi connectivity index (χ2n) is 5.23. The first-order valence-electron chi connectivity index (χ1n) is 6.33. The van der Waals surface area contributed by atoms with E-state index in [1.807, 2.05) is 49.6 Å². The van der Waals surface area contributed by atoms with Crippen molar-refractivity contribution in [1.82, 2.24) is 14.7 Å². The highest BCUT2D eigenvalue weighted by atomic mass is 16.6. The number of carbonyl (C=O) groups is 1. The highest BCUT2D eigenvalue weighted by Crippen LogP contribution is 2.06. The molecule has 0 saturated heterocycles. The number of nitrogens with zero attached hydrogens (tertiary/aromatic N) is 2. The van der Waals surface area contributed by atoms with E-state index >= 15 is 0 Å². The zero-order valence-corrected chi connectivity index (χ0v) is 11.8. The van der Waals surface area contributed by atoms with Gasteiger partial charge in [0.05, 0.1) is 12.7 Å². The van der Waals surface area contributed by atoms with E-state index in [-0.39, 0.29) is 6.54 Å². The van der Waals surface area contributed by atoms with Crippen LogP contribution < -0.4 is 5.32 Å². The normalized spacial score (nSPS) is 10.8. The Kier molecular flexibility index (Phi) is 3.94. The summed E-state index contributed by atoms with van der Waals surface area (Å²) < 4.78 is 7.00. The van der Waals surface area contributed by atoms with Crippen LogP contribution in [0.15, 0.2) is 30.6 Å². The van der Waals surface area contributed by atoms with Crippen molar-refractivity contribution in [2.45, 2.75) is 26.4 Å². The molecule has 0 unspecified atom stereocenters. The molecule has 5 nitrogen and oxygen atoms in total. The van der Waals surface area contributed by atoms with Gasteiger partial charge in [-0.15, -0.1) is 0 Å². The number of amides is 1. The first-order valence-corrected chi connectivity index (χ1v) is 6.33. The Labute approximate surface area is 118 Å². The standard InChI is InChI=1S/C15H17N3O2/c1-15(2,3)20-14(19)16-9-6-7-12-11-17-13-8-4-5-10-18(12)13/h4-5,8,10-11H,9H2,1-3H3,(H,16,19). The minimum absolute atomic E-state index is 0.231. The van der Waals surface area contributed by atoms with Gasteiger partial charge in [0.1, 0.15) is 16.9 Å².